The molecular formula is C13H22O2. The van der Waals surface area contributed by atoms with E-state index in [1.807, 2.05) is 0 Å². The van der Waals surface area contributed by atoms with Gasteiger partial charge in [0.25, 0.3) is 0 Å². The second-order valence-corrected chi connectivity index (χ2v) is 5.72. The van der Waals surface area contributed by atoms with Crippen LogP contribution in [0.15, 0.2) is 0 Å². The van der Waals surface area contributed by atoms with E-state index in [4.69, 9.17) is 0 Å². The van der Waals surface area contributed by atoms with Gasteiger partial charge >= 0.3 is 0 Å². The quantitative estimate of drug-likeness (QED) is 0.760. The van der Waals surface area contributed by atoms with Gasteiger partial charge in [0.15, 0.2) is 0 Å². The van der Waals surface area contributed by atoms with E-state index in [2.05, 4.69) is 13.8 Å². The van der Waals surface area contributed by atoms with Crippen molar-refractivity contribution in [1.82, 2.24) is 0 Å². The molecule has 0 aliphatic heterocycles. The van der Waals surface area contributed by atoms with Crippen molar-refractivity contribution in [2.24, 2.45) is 23.2 Å². The Labute approximate surface area is 92.1 Å². The van der Waals surface area contributed by atoms with Crippen molar-refractivity contribution in [3.63, 3.8) is 0 Å². The Morgan fingerprint density at radius 2 is 2.27 bits per heavy atom. The van der Waals surface area contributed by atoms with Gasteiger partial charge in [0.2, 0.25) is 0 Å². The van der Waals surface area contributed by atoms with Gasteiger partial charge in [-0.1, -0.05) is 13.8 Å². The lowest BCUT2D eigenvalue weighted by Crippen LogP contribution is -2.39. The Balaban J connectivity index is 2.21. The van der Waals surface area contributed by atoms with E-state index in [1.165, 1.54) is 6.42 Å². The maximum atomic E-state index is 11.9. The largest absolute Gasteiger partial charge is 0.396 e. The predicted molar refractivity (Wildman–Crippen MR) is 59.4 cm³/mol. The number of hydrogen-bond donors (Lipinski definition) is 1. The number of rotatable bonds is 2. The maximum Gasteiger partial charge on any atom is 0.136 e. The molecule has 0 spiro atoms. The summed E-state index contributed by atoms with van der Waals surface area (Å²) in [7, 11) is 0. The summed E-state index contributed by atoms with van der Waals surface area (Å²) in [5.41, 5.74) is 0.192. The lowest BCUT2D eigenvalue weighted by atomic mass is 9.62. The van der Waals surface area contributed by atoms with Crippen LogP contribution in [0, 0.1) is 23.2 Å². The molecule has 0 aromatic rings. The van der Waals surface area contributed by atoms with Gasteiger partial charge < -0.3 is 5.11 Å². The summed E-state index contributed by atoms with van der Waals surface area (Å²) >= 11 is 0. The summed E-state index contributed by atoms with van der Waals surface area (Å²) in [6.07, 6.45) is 5.22. The zero-order chi connectivity index (χ0) is 11.1. The van der Waals surface area contributed by atoms with Gasteiger partial charge in [-0.05, 0) is 42.9 Å². The zero-order valence-electron chi connectivity index (χ0n) is 9.83. The van der Waals surface area contributed by atoms with E-state index in [0.29, 0.717) is 23.5 Å². The molecule has 2 fully saturated rings. The van der Waals surface area contributed by atoms with Crippen LogP contribution in [-0.2, 0) is 4.79 Å². The summed E-state index contributed by atoms with van der Waals surface area (Å²) in [5, 5.41) is 9.28. The third-order valence-electron chi connectivity index (χ3n) is 4.91. The fourth-order valence-corrected chi connectivity index (χ4v) is 4.03. The third-order valence-corrected chi connectivity index (χ3v) is 4.91. The Hall–Kier alpha value is -0.370. The Morgan fingerprint density at radius 1 is 1.53 bits per heavy atom. The van der Waals surface area contributed by atoms with Crippen LogP contribution in [0.1, 0.15) is 46.0 Å². The maximum absolute atomic E-state index is 11.9. The monoisotopic (exact) mass is 210 g/mol. The number of ketones is 1. The minimum Gasteiger partial charge on any atom is -0.396 e. The molecule has 0 bridgehead atoms. The molecule has 2 rings (SSSR count). The molecule has 15 heavy (non-hydrogen) atoms. The molecule has 86 valence electrons. The molecule has 0 heterocycles. The van der Waals surface area contributed by atoms with E-state index in [0.717, 1.165) is 25.7 Å². The molecule has 4 unspecified atom stereocenters. The molecule has 1 N–H and O–H groups in total. The summed E-state index contributed by atoms with van der Waals surface area (Å²) in [6, 6.07) is 0. The van der Waals surface area contributed by atoms with Crippen molar-refractivity contribution in [2.45, 2.75) is 46.0 Å². The van der Waals surface area contributed by atoms with E-state index in [9.17, 15) is 9.90 Å². The molecule has 2 saturated carbocycles. The lowest BCUT2D eigenvalue weighted by molar-refractivity contribution is -0.130. The van der Waals surface area contributed by atoms with E-state index in [1.54, 1.807) is 0 Å². The zero-order valence-corrected chi connectivity index (χ0v) is 9.83. The Morgan fingerprint density at radius 3 is 2.93 bits per heavy atom. The SMILES string of the molecule is CC(CO)C1CCC2C(=O)CCCC21C. The normalized spacial score (nSPS) is 42.7. The van der Waals surface area contributed by atoms with Crippen LogP contribution >= 0.6 is 0 Å². The first-order valence-corrected chi connectivity index (χ1v) is 6.23. The van der Waals surface area contributed by atoms with Crippen LogP contribution in [0.4, 0.5) is 0 Å². The standard InChI is InChI=1S/C13H22O2/c1-9(8-14)10-5-6-11-12(15)4-3-7-13(10,11)2/h9-11,14H,3-8H2,1-2H3. The molecule has 2 nitrogen and oxygen atoms in total. The number of fused-ring (bicyclic) bond motifs is 1. The fraction of sp³-hybridized carbons (Fsp3) is 0.923. The van der Waals surface area contributed by atoms with Crippen molar-refractivity contribution in [3.8, 4) is 0 Å². The molecule has 2 aliphatic rings. The molecule has 2 heteroatoms. The number of carbonyl (C=O) groups excluding carboxylic acids is 1. The number of Topliss-reactive ketones (excluding diaryl/α,β-unsaturated/α-hetero) is 1. The second kappa shape index (κ2) is 3.89. The first kappa shape index (κ1) is 11.1. The predicted octanol–water partition coefficient (Wildman–Crippen LogP) is 2.40. The molecule has 0 radical (unpaired) electrons. The van der Waals surface area contributed by atoms with Gasteiger partial charge in [0.05, 0.1) is 0 Å². The first-order chi connectivity index (χ1) is 7.09. The number of carbonyl (C=O) groups is 1. The van der Waals surface area contributed by atoms with Crippen LogP contribution in [0.25, 0.3) is 0 Å². The minimum atomic E-state index is 0.192. The topological polar surface area (TPSA) is 37.3 Å². The van der Waals surface area contributed by atoms with Gasteiger partial charge in [-0.25, -0.2) is 0 Å². The first-order valence-electron chi connectivity index (χ1n) is 6.23. The van der Waals surface area contributed by atoms with E-state index < -0.39 is 0 Å². The van der Waals surface area contributed by atoms with E-state index >= 15 is 0 Å². The van der Waals surface area contributed by atoms with Gasteiger partial charge in [-0.2, -0.15) is 0 Å². The smallest absolute Gasteiger partial charge is 0.136 e. The number of hydrogen-bond acceptors (Lipinski definition) is 2. The highest BCUT2D eigenvalue weighted by molar-refractivity contribution is 5.83. The molecular weight excluding hydrogens is 188 g/mol. The highest BCUT2D eigenvalue weighted by Gasteiger charge is 2.52. The van der Waals surface area contributed by atoms with Crippen molar-refractivity contribution < 1.29 is 9.90 Å². The van der Waals surface area contributed by atoms with Crippen molar-refractivity contribution >= 4 is 5.78 Å². The van der Waals surface area contributed by atoms with Crippen molar-refractivity contribution in [1.29, 1.82) is 0 Å². The summed E-state index contributed by atoms with van der Waals surface area (Å²) in [5.74, 6) is 1.68. The minimum absolute atomic E-state index is 0.192. The molecule has 4 atom stereocenters. The summed E-state index contributed by atoms with van der Waals surface area (Å²) < 4.78 is 0. The van der Waals surface area contributed by atoms with Crippen molar-refractivity contribution in [2.75, 3.05) is 6.61 Å². The molecule has 2 aliphatic carbocycles. The fourth-order valence-electron chi connectivity index (χ4n) is 4.03. The highest BCUT2D eigenvalue weighted by Crippen LogP contribution is 2.56. The Bertz CT molecular complexity index is 261. The molecule has 0 saturated heterocycles. The summed E-state index contributed by atoms with van der Waals surface area (Å²) in [4.78, 5) is 11.9. The van der Waals surface area contributed by atoms with Gasteiger partial charge in [-0.3, -0.25) is 4.79 Å². The van der Waals surface area contributed by atoms with Crippen LogP contribution in [0.3, 0.4) is 0 Å². The van der Waals surface area contributed by atoms with Crippen LogP contribution in [0.2, 0.25) is 0 Å². The number of aliphatic hydroxyl groups excluding tert-OH is 1. The average Bonchev–Trinajstić information content (AvgIpc) is 2.56. The number of aliphatic hydroxyl groups is 1. The molecule has 0 aromatic heterocycles. The third kappa shape index (κ3) is 1.63. The lowest BCUT2D eigenvalue weighted by Gasteiger charge is -2.41. The average molecular weight is 210 g/mol. The van der Waals surface area contributed by atoms with Gasteiger partial charge in [0, 0.05) is 18.9 Å². The van der Waals surface area contributed by atoms with Crippen molar-refractivity contribution in [3.05, 3.63) is 0 Å². The van der Waals surface area contributed by atoms with E-state index in [-0.39, 0.29) is 12.0 Å². The van der Waals surface area contributed by atoms with Crippen LogP contribution < -0.4 is 0 Å². The highest BCUT2D eigenvalue weighted by atomic mass is 16.3. The Kier molecular flexibility index (Phi) is 2.89. The second-order valence-electron chi connectivity index (χ2n) is 5.72. The van der Waals surface area contributed by atoms with Gasteiger partial charge in [0.1, 0.15) is 5.78 Å². The molecule has 0 amide bonds. The van der Waals surface area contributed by atoms with Gasteiger partial charge in [-0.15, -0.1) is 0 Å². The summed E-state index contributed by atoms with van der Waals surface area (Å²) in [6.45, 7) is 4.66. The molecule has 0 aromatic carbocycles. The van der Waals surface area contributed by atoms with Crippen LogP contribution in [0.5, 0.6) is 0 Å². The van der Waals surface area contributed by atoms with Crippen LogP contribution in [-0.4, -0.2) is 17.5 Å².